The van der Waals surface area contributed by atoms with Gasteiger partial charge < -0.3 is 10.1 Å². The first-order chi connectivity index (χ1) is 12.8. The summed E-state index contributed by atoms with van der Waals surface area (Å²) in [6.07, 6.45) is 7.21. The molecule has 0 amide bonds. The molecule has 2 rings (SSSR count). The average molecular weight is 414 g/mol. The van der Waals surface area contributed by atoms with Crippen LogP contribution in [0.1, 0.15) is 71.8 Å². The van der Waals surface area contributed by atoms with Gasteiger partial charge in [-0.2, -0.15) is 0 Å². The highest BCUT2D eigenvalue weighted by Gasteiger charge is 2.45. The van der Waals surface area contributed by atoms with E-state index in [0.717, 1.165) is 32.6 Å². The lowest BCUT2D eigenvalue weighted by molar-refractivity contribution is 0.105. The van der Waals surface area contributed by atoms with Crippen molar-refractivity contribution in [1.29, 1.82) is 0 Å². The monoisotopic (exact) mass is 413 g/mol. The van der Waals surface area contributed by atoms with Gasteiger partial charge in [-0.1, -0.05) is 63.4 Å². The summed E-state index contributed by atoms with van der Waals surface area (Å²) < 4.78 is 5.71. The Balaban J connectivity index is 1.96. The highest BCUT2D eigenvalue weighted by Crippen LogP contribution is 2.49. The topological polar surface area (TPSA) is 21.3 Å². The zero-order valence-corrected chi connectivity index (χ0v) is 19.0. The van der Waals surface area contributed by atoms with E-state index in [1.165, 1.54) is 31.2 Å². The van der Waals surface area contributed by atoms with Gasteiger partial charge in [-0.3, -0.25) is 0 Å². The van der Waals surface area contributed by atoms with Crippen LogP contribution in [0.4, 0.5) is 0 Å². The number of ether oxygens (including phenoxy) is 1. The van der Waals surface area contributed by atoms with Gasteiger partial charge in [0.2, 0.25) is 0 Å². The minimum Gasteiger partial charge on any atom is -0.381 e. The van der Waals surface area contributed by atoms with Crippen molar-refractivity contribution in [3.63, 3.8) is 0 Å². The van der Waals surface area contributed by atoms with E-state index >= 15 is 0 Å². The van der Waals surface area contributed by atoms with Gasteiger partial charge in [-0.15, -0.1) is 0 Å². The first-order valence-corrected chi connectivity index (χ1v) is 11.4. The quantitative estimate of drug-likeness (QED) is 0.377. The Morgan fingerprint density at radius 3 is 2.33 bits per heavy atom. The first-order valence-electron chi connectivity index (χ1n) is 10.6. The van der Waals surface area contributed by atoms with Crippen LogP contribution in [0.25, 0.3) is 0 Å². The van der Waals surface area contributed by atoms with Crippen molar-refractivity contribution in [2.45, 2.75) is 77.7 Å². The second-order valence-electron chi connectivity index (χ2n) is 8.95. The summed E-state index contributed by atoms with van der Waals surface area (Å²) in [5.41, 5.74) is 1.55. The molecule has 0 bridgehead atoms. The Bertz CT molecular complexity index is 569. The molecular formula is C23H37Cl2NO. The molecule has 2 nitrogen and oxygen atoms in total. The minimum atomic E-state index is 0.201. The minimum absolute atomic E-state index is 0.201. The maximum Gasteiger partial charge on any atom is 0.0595 e. The standard InChI is InChI=1S/C23H37Cl2NO/c1-17(2)14-22(26-12-5-6-13-27-16-18(3)4)23(10-7-11-23)19-8-9-20(24)21(25)15-19/h8-9,15,17-18,22,26H,5-7,10-14,16H2,1-4H3. The molecule has 1 saturated carbocycles. The van der Waals surface area contributed by atoms with Crippen LogP contribution in [-0.2, 0) is 10.2 Å². The van der Waals surface area contributed by atoms with Crippen molar-refractivity contribution < 1.29 is 4.74 Å². The highest BCUT2D eigenvalue weighted by atomic mass is 35.5. The number of nitrogens with one attached hydrogen (secondary N) is 1. The molecule has 1 aliphatic carbocycles. The summed E-state index contributed by atoms with van der Waals surface area (Å²) in [6, 6.07) is 6.72. The highest BCUT2D eigenvalue weighted by molar-refractivity contribution is 6.42. The molecule has 4 heteroatoms. The van der Waals surface area contributed by atoms with E-state index in [-0.39, 0.29) is 5.41 Å². The fraction of sp³-hybridized carbons (Fsp3) is 0.739. The number of benzene rings is 1. The molecule has 0 aliphatic heterocycles. The molecule has 1 N–H and O–H groups in total. The van der Waals surface area contributed by atoms with Crippen molar-refractivity contribution in [2.75, 3.05) is 19.8 Å². The van der Waals surface area contributed by atoms with E-state index in [4.69, 9.17) is 27.9 Å². The van der Waals surface area contributed by atoms with E-state index in [9.17, 15) is 0 Å². The lowest BCUT2D eigenvalue weighted by Gasteiger charge is -2.49. The molecule has 0 radical (unpaired) electrons. The Kier molecular flexibility index (Phi) is 9.41. The molecule has 0 saturated heterocycles. The van der Waals surface area contributed by atoms with E-state index in [2.05, 4.69) is 45.1 Å². The molecule has 1 aromatic rings. The van der Waals surface area contributed by atoms with E-state index in [0.29, 0.717) is 27.9 Å². The Hall–Kier alpha value is -0.280. The molecule has 1 atom stereocenters. The largest absolute Gasteiger partial charge is 0.381 e. The normalized spacial score (nSPS) is 17.3. The third-order valence-corrected chi connectivity index (χ3v) is 6.41. The lowest BCUT2D eigenvalue weighted by Crippen LogP contribution is -2.53. The molecule has 1 aliphatic rings. The molecule has 1 aromatic carbocycles. The average Bonchev–Trinajstić information content (AvgIpc) is 2.55. The van der Waals surface area contributed by atoms with Gasteiger partial charge in [0.25, 0.3) is 0 Å². The molecule has 27 heavy (non-hydrogen) atoms. The SMILES string of the molecule is CC(C)COCCCCNC(CC(C)C)C1(c2ccc(Cl)c(Cl)c2)CCC1. The molecule has 0 aromatic heterocycles. The van der Waals surface area contributed by atoms with Crippen LogP contribution < -0.4 is 5.32 Å². The predicted molar refractivity (Wildman–Crippen MR) is 118 cm³/mol. The van der Waals surface area contributed by atoms with Gasteiger partial charge in [0.05, 0.1) is 10.0 Å². The van der Waals surface area contributed by atoms with Gasteiger partial charge in [0.15, 0.2) is 0 Å². The van der Waals surface area contributed by atoms with Crippen molar-refractivity contribution in [1.82, 2.24) is 5.32 Å². The van der Waals surface area contributed by atoms with Crippen LogP contribution >= 0.6 is 23.2 Å². The third kappa shape index (κ3) is 6.63. The van der Waals surface area contributed by atoms with Crippen molar-refractivity contribution in [3.8, 4) is 0 Å². The maximum absolute atomic E-state index is 6.34. The van der Waals surface area contributed by atoms with Gasteiger partial charge in [0.1, 0.15) is 0 Å². The number of hydrogen-bond donors (Lipinski definition) is 1. The van der Waals surface area contributed by atoms with Gasteiger partial charge in [-0.05, 0) is 68.2 Å². The van der Waals surface area contributed by atoms with Gasteiger partial charge >= 0.3 is 0 Å². The third-order valence-electron chi connectivity index (χ3n) is 5.67. The van der Waals surface area contributed by atoms with Crippen LogP contribution in [0.2, 0.25) is 10.0 Å². The van der Waals surface area contributed by atoms with Crippen LogP contribution in [-0.4, -0.2) is 25.8 Å². The lowest BCUT2D eigenvalue weighted by atomic mass is 9.59. The summed E-state index contributed by atoms with van der Waals surface area (Å²) in [7, 11) is 0. The number of hydrogen-bond acceptors (Lipinski definition) is 2. The maximum atomic E-state index is 6.34. The van der Waals surface area contributed by atoms with Crippen molar-refractivity contribution in [3.05, 3.63) is 33.8 Å². The van der Waals surface area contributed by atoms with Gasteiger partial charge in [-0.25, -0.2) is 0 Å². The fourth-order valence-corrected chi connectivity index (χ4v) is 4.40. The van der Waals surface area contributed by atoms with Crippen LogP contribution in [0.3, 0.4) is 0 Å². The summed E-state index contributed by atoms with van der Waals surface area (Å²) in [6.45, 7) is 11.8. The molecule has 0 heterocycles. The second-order valence-corrected chi connectivity index (χ2v) is 9.77. The summed E-state index contributed by atoms with van der Waals surface area (Å²) >= 11 is 12.5. The fourth-order valence-electron chi connectivity index (χ4n) is 4.10. The summed E-state index contributed by atoms with van der Waals surface area (Å²) in [5, 5.41) is 5.21. The first kappa shape index (κ1) is 23.0. The molecular weight excluding hydrogens is 377 g/mol. The number of unbranched alkanes of at least 4 members (excludes halogenated alkanes) is 1. The van der Waals surface area contributed by atoms with E-state index in [1.54, 1.807) is 0 Å². The van der Waals surface area contributed by atoms with Gasteiger partial charge in [0, 0.05) is 24.7 Å². The molecule has 154 valence electrons. The van der Waals surface area contributed by atoms with E-state index < -0.39 is 0 Å². The smallest absolute Gasteiger partial charge is 0.0595 e. The van der Waals surface area contributed by atoms with Crippen molar-refractivity contribution in [2.24, 2.45) is 11.8 Å². The van der Waals surface area contributed by atoms with E-state index in [1.807, 2.05) is 6.07 Å². The Morgan fingerprint density at radius 2 is 1.78 bits per heavy atom. The Morgan fingerprint density at radius 1 is 1.04 bits per heavy atom. The van der Waals surface area contributed by atoms with Crippen LogP contribution in [0.15, 0.2) is 18.2 Å². The zero-order valence-electron chi connectivity index (χ0n) is 17.5. The second kappa shape index (κ2) is 11.0. The zero-order chi connectivity index (χ0) is 19.9. The summed E-state index contributed by atoms with van der Waals surface area (Å²) in [5.74, 6) is 1.28. The van der Waals surface area contributed by atoms with Crippen LogP contribution in [0, 0.1) is 11.8 Å². The summed E-state index contributed by atoms with van der Waals surface area (Å²) in [4.78, 5) is 0. The predicted octanol–water partition coefficient (Wildman–Crippen LogP) is 6.87. The Labute approximate surface area is 176 Å². The molecule has 1 fully saturated rings. The van der Waals surface area contributed by atoms with Crippen molar-refractivity contribution >= 4 is 23.2 Å². The van der Waals surface area contributed by atoms with Crippen LogP contribution in [0.5, 0.6) is 0 Å². The number of halogens is 2. The molecule has 1 unspecified atom stereocenters. The molecule has 0 spiro atoms. The number of rotatable bonds is 12.